The molecule has 3 heterocycles. The highest BCUT2D eigenvalue weighted by Crippen LogP contribution is 2.30. The van der Waals surface area contributed by atoms with Crippen molar-refractivity contribution in [3.63, 3.8) is 0 Å². The number of aryl methyl sites for hydroxylation is 2. The van der Waals surface area contributed by atoms with Gasteiger partial charge in [0.25, 0.3) is 5.91 Å². The summed E-state index contributed by atoms with van der Waals surface area (Å²) in [7, 11) is 0. The third kappa shape index (κ3) is 5.80. The molecule has 2 N–H and O–H groups in total. The number of likely N-dealkylation sites (tertiary alicyclic amines) is 1. The topological polar surface area (TPSA) is 92.2 Å². The number of nitrogens with one attached hydrogen (secondary N) is 2. The van der Waals surface area contributed by atoms with Gasteiger partial charge in [0.2, 0.25) is 0 Å². The number of carbonyl (C=O) groups is 2. The molecule has 0 spiro atoms. The molecule has 0 unspecified atom stereocenters. The number of hydrogen-bond donors (Lipinski definition) is 2. The van der Waals surface area contributed by atoms with E-state index in [4.69, 9.17) is 4.98 Å². The first-order chi connectivity index (χ1) is 18.1. The van der Waals surface area contributed by atoms with E-state index in [2.05, 4.69) is 15.6 Å². The van der Waals surface area contributed by atoms with Crippen LogP contribution in [0.4, 0.5) is 10.5 Å². The minimum atomic E-state index is -0.0946. The lowest BCUT2D eigenvalue weighted by atomic mass is 9.90. The van der Waals surface area contributed by atoms with Crippen LogP contribution in [0.3, 0.4) is 0 Å². The Balaban J connectivity index is 1.19. The number of benzene rings is 2. The number of hydrogen-bond acceptors (Lipinski definition) is 4. The van der Waals surface area contributed by atoms with Crippen LogP contribution in [0.15, 0.2) is 73.3 Å². The molecule has 190 valence electrons. The zero-order valence-electron chi connectivity index (χ0n) is 21.1. The number of aromatic nitrogens is 3. The fourth-order valence-corrected chi connectivity index (χ4v) is 4.94. The number of nitrogens with zero attached hydrogens (tertiary/aromatic N) is 4. The second-order valence-corrected chi connectivity index (χ2v) is 9.51. The van der Waals surface area contributed by atoms with Crippen molar-refractivity contribution in [2.24, 2.45) is 0 Å². The standard InChI is InChI=1S/C29H32N6O2/c1-21-10-11-25(28(36)31-14-5-16-34-19-15-30-20-34)27(32-21)23-12-17-35(18-13-23)29(37)33-26-9-4-7-22-6-2-3-8-24(22)26/h2-4,6-11,15,19-20,23H,5,12-14,16-18H2,1H3,(H,31,36)(H,33,37). The number of fused-ring (bicyclic) bond motifs is 1. The molecule has 0 saturated carbocycles. The van der Waals surface area contributed by atoms with Crippen molar-refractivity contribution < 1.29 is 9.59 Å². The van der Waals surface area contributed by atoms with Gasteiger partial charge in [0.05, 0.1) is 23.3 Å². The molecular formula is C29H32N6O2. The summed E-state index contributed by atoms with van der Waals surface area (Å²) < 4.78 is 2.00. The molecule has 8 heteroatoms. The fraction of sp³-hybridized carbons (Fsp3) is 0.310. The lowest BCUT2D eigenvalue weighted by Crippen LogP contribution is -2.41. The molecule has 3 amide bonds. The normalized spacial score (nSPS) is 14.0. The van der Waals surface area contributed by atoms with Gasteiger partial charge in [-0.2, -0.15) is 0 Å². The van der Waals surface area contributed by atoms with E-state index in [0.717, 1.165) is 53.7 Å². The van der Waals surface area contributed by atoms with Crippen LogP contribution in [0.5, 0.6) is 0 Å². The third-order valence-electron chi connectivity index (χ3n) is 6.95. The zero-order chi connectivity index (χ0) is 25.6. The number of carbonyl (C=O) groups excluding carboxylic acids is 2. The summed E-state index contributed by atoms with van der Waals surface area (Å²) in [6.07, 6.45) is 7.79. The van der Waals surface area contributed by atoms with Crippen LogP contribution in [0.25, 0.3) is 10.8 Å². The quantitative estimate of drug-likeness (QED) is 0.353. The number of urea groups is 1. The van der Waals surface area contributed by atoms with E-state index in [0.29, 0.717) is 25.2 Å². The number of amides is 3. The first-order valence-electron chi connectivity index (χ1n) is 12.8. The average Bonchev–Trinajstić information content (AvgIpc) is 3.45. The summed E-state index contributed by atoms with van der Waals surface area (Å²) >= 11 is 0. The van der Waals surface area contributed by atoms with Crippen molar-refractivity contribution in [1.82, 2.24) is 24.8 Å². The van der Waals surface area contributed by atoms with Gasteiger partial charge in [0.15, 0.2) is 0 Å². The number of imidazole rings is 1. The monoisotopic (exact) mass is 496 g/mol. The van der Waals surface area contributed by atoms with Crippen molar-refractivity contribution in [2.75, 3.05) is 25.0 Å². The maximum atomic E-state index is 13.0. The first kappa shape index (κ1) is 24.5. The smallest absolute Gasteiger partial charge is 0.321 e. The largest absolute Gasteiger partial charge is 0.352 e. The highest BCUT2D eigenvalue weighted by Gasteiger charge is 2.28. The van der Waals surface area contributed by atoms with Gasteiger partial charge in [-0.1, -0.05) is 36.4 Å². The second kappa shape index (κ2) is 11.2. The molecule has 4 aromatic rings. The van der Waals surface area contributed by atoms with E-state index in [1.54, 1.807) is 12.5 Å². The number of rotatable bonds is 7. The average molecular weight is 497 g/mol. The second-order valence-electron chi connectivity index (χ2n) is 9.51. The van der Waals surface area contributed by atoms with Crippen molar-refractivity contribution in [3.05, 3.63) is 90.3 Å². The molecule has 2 aromatic heterocycles. The Hall–Kier alpha value is -4.20. The molecule has 0 bridgehead atoms. The maximum Gasteiger partial charge on any atom is 0.321 e. The predicted octanol–water partition coefficient (Wildman–Crippen LogP) is 4.97. The van der Waals surface area contributed by atoms with Crippen LogP contribution in [0.1, 0.15) is 46.9 Å². The molecule has 0 aliphatic carbocycles. The van der Waals surface area contributed by atoms with Crippen LogP contribution < -0.4 is 10.6 Å². The van der Waals surface area contributed by atoms with E-state index in [-0.39, 0.29) is 17.9 Å². The van der Waals surface area contributed by atoms with E-state index < -0.39 is 0 Å². The van der Waals surface area contributed by atoms with E-state index in [1.165, 1.54) is 0 Å². The number of piperidine rings is 1. The molecule has 8 nitrogen and oxygen atoms in total. The van der Waals surface area contributed by atoms with E-state index >= 15 is 0 Å². The van der Waals surface area contributed by atoms with Crippen molar-refractivity contribution in [2.45, 2.75) is 38.6 Å². The summed E-state index contributed by atoms with van der Waals surface area (Å²) in [4.78, 5) is 36.7. The molecule has 2 aromatic carbocycles. The molecular weight excluding hydrogens is 464 g/mol. The van der Waals surface area contributed by atoms with Gasteiger partial charge >= 0.3 is 6.03 Å². The van der Waals surface area contributed by atoms with Gasteiger partial charge in [-0.05, 0) is 49.8 Å². The van der Waals surface area contributed by atoms with E-state index in [9.17, 15) is 9.59 Å². The SMILES string of the molecule is Cc1ccc(C(=O)NCCCn2ccnc2)c(C2CCN(C(=O)Nc3cccc4ccccc34)CC2)n1. The molecule has 0 radical (unpaired) electrons. The molecule has 5 rings (SSSR count). The van der Waals surface area contributed by atoms with Crippen LogP contribution in [-0.2, 0) is 6.54 Å². The first-order valence-corrected chi connectivity index (χ1v) is 12.8. The highest BCUT2D eigenvalue weighted by molar-refractivity contribution is 6.01. The van der Waals surface area contributed by atoms with Crippen LogP contribution >= 0.6 is 0 Å². The predicted molar refractivity (Wildman–Crippen MR) is 145 cm³/mol. The van der Waals surface area contributed by atoms with Crippen molar-refractivity contribution >= 4 is 28.4 Å². The van der Waals surface area contributed by atoms with Gasteiger partial charge < -0.3 is 20.1 Å². The molecule has 1 saturated heterocycles. The van der Waals surface area contributed by atoms with Gasteiger partial charge in [0.1, 0.15) is 0 Å². The van der Waals surface area contributed by atoms with Gasteiger partial charge in [-0.3, -0.25) is 9.78 Å². The Morgan fingerprint density at radius 2 is 1.84 bits per heavy atom. The minimum absolute atomic E-state index is 0.0933. The zero-order valence-corrected chi connectivity index (χ0v) is 21.1. The van der Waals surface area contributed by atoms with Crippen LogP contribution in [0, 0.1) is 6.92 Å². The Kier molecular flexibility index (Phi) is 7.44. The maximum absolute atomic E-state index is 13.0. The van der Waals surface area contributed by atoms with Gasteiger partial charge in [0, 0.05) is 55.6 Å². The lowest BCUT2D eigenvalue weighted by Gasteiger charge is -2.32. The molecule has 1 fully saturated rings. The van der Waals surface area contributed by atoms with Crippen molar-refractivity contribution in [1.29, 1.82) is 0 Å². The summed E-state index contributed by atoms with van der Waals surface area (Å²) in [5.41, 5.74) is 3.17. The Labute approximate surface area is 216 Å². The fourth-order valence-electron chi connectivity index (χ4n) is 4.94. The molecule has 1 aliphatic rings. The molecule has 1 aliphatic heterocycles. The number of anilines is 1. The van der Waals surface area contributed by atoms with Gasteiger partial charge in [-0.15, -0.1) is 0 Å². The Bertz CT molecular complexity index is 1370. The van der Waals surface area contributed by atoms with Crippen molar-refractivity contribution in [3.8, 4) is 0 Å². The summed E-state index contributed by atoms with van der Waals surface area (Å²) in [6.45, 7) is 4.56. The Morgan fingerprint density at radius 3 is 2.65 bits per heavy atom. The van der Waals surface area contributed by atoms with Crippen LogP contribution in [0.2, 0.25) is 0 Å². The van der Waals surface area contributed by atoms with Crippen LogP contribution in [-0.4, -0.2) is 51.0 Å². The lowest BCUT2D eigenvalue weighted by molar-refractivity contribution is 0.0949. The molecule has 37 heavy (non-hydrogen) atoms. The Morgan fingerprint density at radius 1 is 1.03 bits per heavy atom. The molecule has 0 atom stereocenters. The van der Waals surface area contributed by atoms with E-state index in [1.807, 2.05) is 77.2 Å². The highest BCUT2D eigenvalue weighted by atomic mass is 16.2. The summed E-state index contributed by atoms with van der Waals surface area (Å²) in [5.74, 6) is 0.0393. The minimum Gasteiger partial charge on any atom is -0.352 e. The number of pyridine rings is 1. The third-order valence-corrected chi connectivity index (χ3v) is 6.95. The van der Waals surface area contributed by atoms with Gasteiger partial charge in [-0.25, -0.2) is 9.78 Å². The summed E-state index contributed by atoms with van der Waals surface area (Å²) in [6, 6.07) is 17.6. The summed E-state index contributed by atoms with van der Waals surface area (Å²) in [5, 5.41) is 8.25.